The number of hydrogen-bond acceptors (Lipinski definition) is 5. The standard InChI is InChI=1S/C14H13N5O2/c1-18-8-11(7-16-18)14(20)21-9-13-15-10-19(17-13)12-5-3-2-4-6-12/h2-8,10H,9H2,1H3. The number of para-hydroxylation sites is 1. The Morgan fingerprint density at radius 3 is 2.81 bits per heavy atom. The lowest BCUT2D eigenvalue weighted by Crippen LogP contribution is -2.06. The summed E-state index contributed by atoms with van der Waals surface area (Å²) in [5.41, 5.74) is 1.30. The van der Waals surface area contributed by atoms with Crippen LogP contribution in [0, 0.1) is 0 Å². The summed E-state index contributed by atoms with van der Waals surface area (Å²) in [6.07, 6.45) is 4.64. The molecule has 0 radical (unpaired) electrons. The Morgan fingerprint density at radius 2 is 2.10 bits per heavy atom. The monoisotopic (exact) mass is 283 g/mol. The molecule has 7 heteroatoms. The minimum atomic E-state index is -0.445. The summed E-state index contributed by atoms with van der Waals surface area (Å²) in [4.78, 5) is 15.9. The number of aryl methyl sites for hydroxylation is 1. The number of carbonyl (C=O) groups is 1. The van der Waals surface area contributed by atoms with Crippen molar-refractivity contribution in [2.75, 3.05) is 0 Å². The fourth-order valence-electron chi connectivity index (χ4n) is 1.81. The lowest BCUT2D eigenvalue weighted by Gasteiger charge is -2.00. The number of hydrogen-bond donors (Lipinski definition) is 0. The SMILES string of the molecule is Cn1cc(C(=O)OCc2ncn(-c3ccccc3)n2)cn1. The van der Waals surface area contributed by atoms with Crippen LogP contribution < -0.4 is 0 Å². The molecular weight excluding hydrogens is 270 g/mol. The first-order chi connectivity index (χ1) is 10.2. The summed E-state index contributed by atoms with van der Waals surface area (Å²) in [6.45, 7) is 0.0214. The van der Waals surface area contributed by atoms with Crippen LogP contribution in [0.25, 0.3) is 5.69 Å². The van der Waals surface area contributed by atoms with E-state index in [2.05, 4.69) is 15.2 Å². The van der Waals surface area contributed by atoms with Crippen LogP contribution in [0.5, 0.6) is 0 Å². The number of rotatable bonds is 4. The summed E-state index contributed by atoms with van der Waals surface area (Å²) in [6, 6.07) is 9.59. The molecule has 1 aromatic carbocycles. The second-order valence-corrected chi connectivity index (χ2v) is 4.42. The van der Waals surface area contributed by atoms with E-state index in [1.165, 1.54) is 6.20 Å². The van der Waals surface area contributed by atoms with Crippen molar-refractivity contribution in [2.24, 2.45) is 7.05 Å². The fraction of sp³-hybridized carbons (Fsp3) is 0.143. The van der Waals surface area contributed by atoms with E-state index in [4.69, 9.17) is 4.74 Å². The van der Waals surface area contributed by atoms with Gasteiger partial charge in [-0.2, -0.15) is 5.10 Å². The van der Waals surface area contributed by atoms with Crippen LogP contribution >= 0.6 is 0 Å². The number of benzene rings is 1. The van der Waals surface area contributed by atoms with E-state index >= 15 is 0 Å². The van der Waals surface area contributed by atoms with Crippen molar-refractivity contribution in [3.63, 3.8) is 0 Å². The molecule has 3 aromatic rings. The van der Waals surface area contributed by atoms with E-state index in [-0.39, 0.29) is 6.61 Å². The molecule has 7 nitrogen and oxygen atoms in total. The zero-order valence-corrected chi connectivity index (χ0v) is 11.4. The third kappa shape index (κ3) is 2.97. The van der Waals surface area contributed by atoms with Gasteiger partial charge in [-0.15, -0.1) is 5.10 Å². The Balaban J connectivity index is 1.64. The molecule has 0 aliphatic carbocycles. The smallest absolute Gasteiger partial charge is 0.341 e. The maximum absolute atomic E-state index is 11.8. The third-order valence-electron chi connectivity index (χ3n) is 2.83. The quantitative estimate of drug-likeness (QED) is 0.676. The highest BCUT2D eigenvalue weighted by Crippen LogP contribution is 2.06. The molecular formula is C14H13N5O2. The van der Waals surface area contributed by atoms with E-state index in [9.17, 15) is 4.79 Å². The number of carbonyl (C=O) groups excluding carboxylic acids is 1. The molecule has 21 heavy (non-hydrogen) atoms. The predicted octanol–water partition coefficient (Wildman–Crippen LogP) is 1.36. The number of ether oxygens (including phenoxy) is 1. The van der Waals surface area contributed by atoms with E-state index in [0.717, 1.165) is 5.69 Å². The van der Waals surface area contributed by atoms with E-state index in [1.54, 1.807) is 28.9 Å². The largest absolute Gasteiger partial charge is 0.454 e. The Labute approximate surface area is 120 Å². The highest BCUT2D eigenvalue weighted by molar-refractivity contribution is 5.88. The summed E-state index contributed by atoms with van der Waals surface area (Å²) in [7, 11) is 1.74. The highest BCUT2D eigenvalue weighted by atomic mass is 16.5. The van der Waals surface area contributed by atoms with Crippen molar-refractivity contribution < 1.29 is 9.53 Å². The molecule has 106 valence electrons. The topological polar surface area (TPSA) is 74.8 Å². The van der Waals surface area contributed by atoms with Gasteiger partial charge in [0.15, 0.2) is 12.4 Å². The van der Waals surface area contributed by atoms with E-state index in [0.29, 0.717) is 11.4 Å². The summed E-state index contributed by atoms with van der Waals surface area (Å²) in [5.74, 6) is -0.00439. The number of esters is 1. The van der Waals surface area contributed by atoms with Gasteiger partial charge in [-0.05, 0) is 12.1 Å². The van der Waals surface area contributed by atoms with Gasteiger partial charge in [0.05, 0.1) is 17.4 Å². The van der Waals surface area contributed by atoms with E-state index < -0.39 is 5.97 Å². The number of aromatic nitrogens is 5. The van der Waals surface area contributed by atoms with Crippen LogP contribution in [0.3, 0.4) is 0 Å². The molecule has 0 atom stereocenters. The Hall–Kier alpha value is -2.96. The summed E-state index contributed by atoms with van der Waals surface area (Å²) < 4.78 is 8.32. The van der Waals surface area contributed by atoms with Gasteiger partial charge in [-0.25, -0.2) is 14.5 Å². The first-order valence-corrected chi connectivity index (χ1v) is 6.34. The van der Waals surface area contributed by atoms with Gasteiger partial charge in [-0.3, -0.25) is 4.68 Å². The molecule has 0 unspecified atom stereocenters. The van der Waals surface area contributed by atoms with Crippen LogP contribution in [-0.2, 0) is 18.4 Å². The van der Waals surface area contributed by atoms with Crippen LogP contribution in [0.4, 0.5) is 0 Å². The maximum Gasteiger partial charge on any atom is 0.341 e. The van der Waals surface area contributed by atoms with Crippen LogP contribution in [0.1, 0.15) is 16.2 Å². The first-order valence-electron chi connectivity index (χ1n) is 6.34. The zero-order chi connectivity index (χ0) is 14.7. The molecule has 3 rings (SSSR count). The maximum atomic E-state index is 11.8. The summed E-state index contributed by atoms with van der Waals surface area (Å²) >= 11 is 0. The fourth-order valence-corrected chi connectivity index (χ4v) is 1.81. The van der Waals surface area contributed by atoms with Gasteiger partial charge in [0.1, 0.15) is 6.33 Å². The number of nitrogens with zero attached hydrogens (tertiary/aromatic N) is 5. The first kappa shape index (κ1) is 13.0. The van der Waals surface area contributed by atoms with Crippen LogP contribution in [-0.4, -0.2) is 30.5 Å². The van der Waals surface area contributed by atoms with Gasteiger partial charge in [-0.1, -0.05) is 18.2 Å². The zero-order valence-electron chi connectivity index (χ0n) is 11.4. The van der Waals surface area contributed by atoms with Crippen molar-refractivity contribution in [3.05, 3.63) is 60.4 Å². The van der Waals surface area contributed by atoms with Crippen molar-refractivity contribution in [2.45, 2.75) is 6.61 Å². The van der Waals surface area contributed by atoms with Crippen LogP contribution in [0.15, 0.2) is 49.1 Å². The molecule has 0 saturated carbocycles. The van der Waals surface area contributed by atoms with Gasteiger partial charge in [0, 0.05) is 13.2 Å². The second-order valence-electron chi connectivity index (χ2n) is 4.42. The minimum absolute atomic E-state index is 0.0214. The molecule has 2 heterocycles. The Morgan fingerprint density at radius 1 is 1.29 bits per heavy atom. The van der Waals surface area contributed by atoms with E-state index in [1.807, 2.05) is 30.3 Å². The average molecular weight is 283 g/mol. The molecule has 0 bridgehead atoms. The van der Waals surface area contributed by atoms with Crippen molar-refractivity contribution in [3.8, 4) is 5.69 Å². The summed E-state index contributed by atoms with van der Waals surface area (Å²) in [5, 5.41) is 8.18. The molecule has 0 aliphatic rings. The molecule has 0 N–H and O–H groups in total. The van der Waals surface area contributed by atoms with Crippen LogP contribution in [0.2, 0.25) is 0 Å². The lowest BCUT2D eigenvalue weighted by atomic mass is 10.3. The second kappa shape index (κ2) is 5.58. The van der Waals surface area contributed by atoms with Gasteiger partial charge in [0.2, 0.25) is 0 Å². The predicted molar refractivity (Wildman–Crippen MR) is 73.7 cm³/mol. The average Bonchev–Trinajstić information content (AvgIpc) is 3.15. The van der Waals surface area contributed by atoms with Gasteiger partial charge in [0.25, 0.3) is 0 Å². The van der Waals surface area contributed by atoms with Crippen molar-refractivity contribution in [1.82, 2.24) is 24.5 Å². The third-order valence-corrected chi connectivity index (χ3v) is 2.83. The Bertz CT molecular complexity index is 748. The lowest BCUT2D eigenvalue weighted by molar-refractivity contribution is 0.0462. The Kier molecular flexibility index (Phi) is 3.46. The van der Waals surface area contributed by atoms with Crippen molar-refractivity contribution >= 4 is 5.97 Å². The molecule has 0 fully saturated rings. The normalized spacial score (nSPS) is 10.5. The molecule has 0 spiro atoms. The minimum Gasteiger partial charge on any atom is -0.454 e. The molecule has 0 aliphatic heterocycles. The van der Waals surface area contributed by atoms with Gasteiger partial charge >= 0.3 is 5.97 Å². The molecule has 2 aromatic heterocycles. The van der Waals surface area contributed by atoms with Crippen molar-refractivity contribution in [1.29, 1.82) is 0 Å². The van der Waals surface area contributed by atoms with Gasteiger partial charge < -0.3 is 4.74 Å². The molecule has 0 saturated heterocycles. The highest BCUT2D eigenvalue weighted by Gasteiger charge is 2.11. The molecule has 0 amide bonds.